The largest absolute Gasteiger partial charge is 0.378 e. The average Bonchev–Trinajstić information content (AvgIpc) is 3.14. The van der Waals surface area contributed by atoms with E-state index in [9.17, 15) is 4.79 Å². The van der Waals surface area contributed by atoms with Gasteiger partial charge in [-0.2, -0.15) is 0 Å². The van der Waals surface area contributed by atoms with Crippen LogP contribution in [0.15, 0.2) is 40.1 Å². The first-order valence-corrected chi connectivity index (χ1v) is 9.56. The number of nitrogens with zero attached hydrogens (tertiary/aromatic N) is 2. The Kier molecular flexibility index (Phi) is 4.12. The number of nitrogens with two attached hydrogens (primary N) is 1. The molecule has 3 N–H and O–H groups in total. The van der Waals surface area contributed by atoms with Gasteiger partial charge < -0.3 is 10.7 Å². The van der Waals surface area contributed by atoms with Gasteiger partial charge in [-0.05, 0) is 37.0 Å². The highest BCUT2D eigenvalue weighted by atomic mass is 32.2. The summed E-state index contributed by atoms with van der Waals surface area (Å²) in [7, 11) is 0. The van der Waals surface area contributed by atoms with Crippen LogP contribution in [0.4, 0.5) is 5.69 Å². The zero-order valence-electron chi connectivity index (χ0n) is 12.9. The van der Waals surface area contributed by atoms with E-state index >= 15 is 0 Å². The van der Waals surface area contributed by atoms with Crippen molar-refractivity contribution < 1.29 is 0 Å². The van der Waals surface area contributed by atoms with Gasteiger partial charge in [-0.15, -0.1) is 11.3 Å². The van der Waals surface area contributed by atoms with Gasteiger partial charge in [-0.1, -0.05) is 30.0 Å². The molecule has 1 aliphatic carbocycles. The Morgan fingerprint density at radius 3 is 3.00 bits per heavy atom. The number of hydrogen-bond donors (Lipinski definition) is 2. The smallest absolute Gasteiger partial charge is 0.259 e. The van der Waals surface area contributed by atoms with E-state index in [1.165, 1.54) is 22.2 Å². The standard InChI is InChI=1S/C17H16N4OS2/c18-17(19-10-5-2-1-3-6-10)23-9-13-20-15(22)14-11-7-4-8-12(11)24-16(14)21-13/h1-3,5-6H,4,7-9H2,(H2,18,19)(H,20,21,22). The molecule has 0 spiro atoms. The van der Waals surface area contributed by atoms with Crippen LogP contribution in [0.2, 0.25) is 0 Å². The van der Waals surface area contributed by atoms with Crippen LogP contribution in [0, 0.1) is 0 Å². The van der Waals surface area contributed by atoms with Crippen LogP contribution in [-0.4, -0.2) is 15.1 Å². The fourth-order valence-electron chi connectivity index (χ4n) is 2.92. The van der Waals surface area contributed by atoms with E-state index in [0.717, 1.165) is 35.2 Å². The van der Waals surface area contributed by atoms with E-state index in [4.69, 9.17) is 5.73 Å². The molecule has 24 heavy (non-hydrogen) atoms. The Morgan fingerprint density at radius 1 is 1.33 bits per heavy atom. The number of aliphatic imine (C=N–C) groups is 1. The second-order valence-electron chi connectivity index (χ2n) is 5.62. The molecule has 5 nitrogen and oxygen atoms in total. The van der Waals surface area contributed by atoms with Crippen molar-refractivity contribution in [2.45, 2.75) is 25.0 Å². The van der Waals surface area contributed by atoms with E-state index in [2.05, 4.69) is 15.0 Å². The zero-order chi connectivity index (χ0) is 16.5. The number of aromatic amines is 1. The van der Waals surface area contributed by atoms with Gasteiger partial charge in [0.2, 0.25) is 0 Å². The van der Waals surface area contributed by atoms with Crippen molar-refractivity contribution in [1.29, 1.82) is 0 Å². The van der Waals surface area contributed by atoms with Crippen LogP contribution >= 0.6 is 23.1 Å². The van der Waals surface area contributed by atoms with Crippen LogP contribution < -0.4 is 11.3 Å². The van der Waals surface area contributed by atoms with Crippen molar-refractivity contribution in [2.24, 2.45) is 10.7 Å². The SMILES string of the molecule is NC(=Nc1ccccc1)SCc1nc2sc3c(c2c(=O)[nH]1)CCC3. The minimum atomic E-state index is -0.0337. The third-order valence-electron chi connectivity index (χ3n) is 3.98. The number of amidine groups is 1. The summed E-state index contributed by atoms with van der Waals surface area (Å²) in [5.74, 6) is 1.14. The monoisotopic (exact) mass is 356 g/mol. The quantitative estimate of drug-likeness (QED) is 0.557. The molecule has 0 saturated heterocycles. The molecule has 0 unspecified atom stereocenters. The van der Waals surface area contributed by atoms with Gasteiger partial charge in [0.05, 0.1) is 16.8 Å². The lowest BCUT2D eigenvalue weighted by atomic mass is 10.2. The number of thiophene rings is 1. The van der Waals surface area contributed by atoms with Gasteiger partial charge in [0.1, 0.15) is 10.7 Å². The average molecular weight is 356 g/mol. The first-order valence-electron chi connectivity index (χ1n) is 7.76. The van der Waals surface area contributed by atoms with Gasteiger partial charge in [-0.3, -0.25) is 4.79 Å². The molecule has 2 heterocycles. The molecular formula is C17H16N4OS2. The first kappa shape index (κ1) is 15.4. The zero-order valence-corrected chi connectivity index (χ0v) is 14.5. The number of H-pyrrole nitrogens is 1. The maximum absolute atomic E-state index is 12.4. The number of hydrogen-bond acceptors (Lipinski definition) is 5. The van der Waals surface area contributed by atoms with E-state index < -0.39 is 0 Å². The molecule has 0 atom stereocenters. The summed E-state index contributed by atoms with van der Waals surface area (Å²) in [4.78, 5) is 26.4. The molecule has 122 valence electrons. The highest BCUT2D eigenvalue weighted by Crippen LogP contribution is 2.34. The lowest BCUT2D eigenvalue weighted by molar-refractivity contribution is 0.916. The number of aromatic nitrogens is 2. The van der Waals surface area contributed by atoms with Gasteiger partial charge in [0.25, 0.3) is 5.56 Å². The fraction of sp³-hybridized carbons (Fsp3) is 0.235. The normalized spacial score (nSPS) is 14.2. The third-order valence-corrected chi connectivity index (χ3v) is 5.97. The number of thioether (sulfide) groups is 1. The van der Waals surface area contributed by atoms with Crippen LogP contribution in [0.25, 0.3) is 10.2 Å². The second kappa shape index (κ2) is 6.41. The molecule has 0 saturated carbocycles. The maximum atomic E-state index is 12.4. The summed E-state index contributed by atoms with van der Waals surface area (Å²) >= 11 is 3.02. The third kappa shape index (κ3) is 2.97. The molecule has 4 rings (SSSR count). The van der Waals surface area contributed by atoms with E-state index in [-0.39, 0.29) is 5.56 Å². The minimum absolute atomic E-state index is 0.0337. The Morgan fingerprint density at radius 2 is 2.17 bits per heavy atom. The van der Waals surface area contributed by atoms with Crippen molar-refractivity contribution >= 4 is 44.2 Å². The minimum Gasteiger partial charge on any atom is -0.378 e. The van der Waals surface area contributed by atoms with Crippen molar-refractivity contribution in [3.8, 4) is 0 Å². The maximum Gasteiger partial charge on any atom is 0.259 e. The van der Waals surface area contributed by atoms with Crippen molar-refractivity contribution in [3.63, 3.8) is 0 Å². The molecular weight excluding hydrogens is 340 g/mol. The highest BCUT2D eigenvalue weighted by Gasteiger charge is 2.21. The molecule has 0 amide bonds. The highest BCUT2D eigenvalue weighted by molar-refractivity contribution is 8.13. The molecule has 1 aromatic carbocycles. The Bertz CT molecular complexity index is 975. The predicted octanol–water partition coefficient (Wildman–Crippen LogP) is 3.35. The fourth-order valence-corrected chi connectivity index (χ4v) is 4.79. The molecule has 0 radical (unpaired) electrons. The summed E-state index contributed by atoms with van der Waals surface area (Å²) in [6.45, 7) is 0. The van der Waals surface area contributed by atoms with Crippen LogP contribution in [0.1, 0.15) is 22.7 Å². The molecule has 0 fully saturated rings. The molecule has 3 aromatic rings. The first-order chi connectivity index (χ1) is 11.7. The van der Waals surface area contributed by atoms with Gasteiger partial charge in [-0.25, -0.2) is 9.98 Å². The molecule has 1 aliphatic rings. The number of aryl methyl sites for hydroxylation is 2. The number of fused-ring (bicyclic) bond motifs is 3. The van der Waals surface area contributed by atoms with Crippen molar-refractivity contribution in [3.05, 3.63) is 57.0 Å². The summed E-state index contributed by atoms with van der Waals surface area (Å²) in [5, 5.41) is 1.24. The number of rotatable bonds is 3. The van der Waals surface area contributed by atoms with E-state index in [0.29, 0.717) is 16.7 Å². The lowest BCUT2D eigenvalue weighted by Crippen LogP contribution is -2.13. The van der Waals surface area contributed by atoms with E-state index in [1.54, 1.807) is 11.3 Å². The molecule has 2 aromatic heterocycles. The van der Waals surface area contributed by atoms with Crippen LogP contribution in [-0.2, 0) is 18.6 Å². The summed E-state index contributed by atoms with van der Waals surface area (Å²) < 4.78 is 0. The Balaban J connectivity index is 1.55. The number of benzene rings is 1. The van der Waals surface area contributed by atoms with Crippen LogP contribution in [0.5, 0.6) is 0 Å². The Hall–Kier alpha value is -2.12. The van der Waals surface area contributed by atoms with Crippen LogP contribution in [0.3, 0.4) is 0 Å². The van der Waals surface area contributed by atoms with Gasteiger partial charge >= 0.3 is 0 Å². The van der Waals surface area contributed by atoms with Gasteiger partial charge in [0.15, 0.2) is 5.17 Å². The summed E-state index contributed by atoms with van der Waals surface area (Å²) in [5.41, 5.74) is 7.94. The van der Waals surface area contributed by atoms with Crippen molar-refractivity contribution in [2.75, 3.05) is 0 Å². The topological polar surface area (TPSA) is 84.1 Å². The Labute approximate surface area is 147 Å². The summed E-state index contributed by atoms with van der Waals surface area (Å²) in [6, 6.07) is 9.56. The molecule has 0 aliphatic heterocycles. The van der Waals surface area contributed by atoms with E-state index in [1.807, 2.05) is 30.3 Å². The number of nitrogens with one attached hydrogen (secondary N) is 1. The van der Waals surface area contributed by atoms with Crippen molar-refractivity contribution in [1.82, 2.24) is 9.97 Å². The number of para-hydroxylation sites is 1. The molecule has 7 heteroatoms. The molecule has 0 bridgehead atoms. The van der Waals surface area contributed by atoms with Gasteiger partial charge in [0, 0.05) is 4.88 Å². The predicted molar refractivity (Wildman–Crippen MR) is 101 cm³/mol. The second-order valence-corrected chi connectivity index (χ2v) is 7.70. The lowest BCUT2D eigenvalue weighted by Gasteiger charge is -2.02. The summed E-state index contributed by atoms with van der Waals surface area (Å²) in [6.07, 6.45) is 3.20.